The Hall–Kier alpha value is -3.41. The first kappa shape index (κ1) is 18.9. The second kappa shape index (κ2) is 8.31. The van der Waals surface area contributed by atoms with Crippen LogP contribution in [-0.4, -0.2) is 46.5 Å². The summed E-state index contributed by atoms with van der Waals surface area (Å²) in [6.07, 6.45) is 1.52. The van der Waals surface area contributed by atoms with E-state index in [4.69, 9.17) is 4.74 Å². The van der Waals surface area contributed by atoms with Gasteiger partial charge in [0.2, 0.25) is 5.88 Å². The molecule has 1 atom stereocenters. The van der Waals surface area contributed by atoms with E-state index in [0.717, 1.165) is 17.1 Å². The number of benzene rings is 2. The molecule has 1 saturated heterocycles. The van der Waals surface area contributed by atoms with Gasteiger partial charge >= 0.3 is 0 Å². The van der Waals surface area contributed by atoms with Crippen LogP contribution in [0, 0.1) is 6.92 Å². The van der Waals surface area contributed by atoms with E-state index in [-0.39, 0.29) is 11.9 Å². The highest BCUT2D eigenvalue weighted by Crippen LogP contribution is 2.24. The Bertz CT molecular complexity index is 976. The van der Waals surface area contributed by atoms with E-state index in [1.807, 2.05) is 72.5 Å². The lowest BCUT2D eigenvalue weighted by Crippen LogP contribution is -2.54. The van der Waals surface area contributed by atoms with Crippen molar-refractivity contribution in [3.8, 4) is 11.6 Å². The van der Waals surface area contributed by atoms with Crippen LogP contribution in [-0.2, 0) is 0 Å². The summed E-state index contributed by atoms with van der Waals surface area (Å²) in [6.45, 7) is 6.17. The third kappa shape index (κ3) is 4.37. The number of carbonyl (C=O) groups is 1. The Morgan fingerprint density at radius 3 is 2.52 bits per heavy atom. The van der Waals surface area contributed by atoms with Crippen molar-refractivity contribution in [2.45, 2.75) is 19.9 Å². The number of ether oxygens (including phenoxy) is 1. The molecule has 1 amide bonds. The number of rotatable bonds is 4. The monoisotopic (exact) mass is 388 g/mol. The van der Waals surface area contributed by atoms with E-state index in [9.17, 15) is 4.79 Å². The Morgan fingerprint density at radius 1 is 1.03 bits per heavy atom. The number of aryl methyl sites for hydroxylation is 1. The summed E-state index contributed by atoms with van der Waals surface area (Å²) in [7, 11) is 0. The lowest BCUT2D eigenvalue weighted by molar-refractivity contribution is 0.0673. The Labute approximate surface area is 170 Å². The van der Waals surface area contributed by atoms with Crippen LogP contribution < -0.4 is 9.64 Å². The number of amides is 1. The minimum absolute atomic E-state index is 0.0730. The van der Waals surface area contributed by atoms with Crippen LogP contribution in [0.1, 0.15) is 22.8 Å². The van der Waals surface area contributed by atoms with Gasteiger partial charge in [-0.25, -0.2) is 9.97 Å². The van der Waals surface area contributed by atoms with E-state index in [1.54, 1.807) is 0 Å². The van der Waals surface area contributed by atoms with Crippen LogP contribution in [0.15, 0.2) is 67.0 Å². The number of carbonyl (C=O) groups excluding carboxylic acids is 1. The SMILES string of the molecule is Cc1ccc(Oc2cc(N3CCN(C(=O)c4ccccc4)C(C)C3)ncn2)cc1. The molecule has 0 aliphatic carbocycles. The number of aromatic nitrogens is 2. The van der Waals surface area contributed by atoms with Gasteiger partial charge in [0, 0.05) is 37.3 Å². The molecule has 2 heterocycles. The molecule has 0 saturated carbocycles. The molecule has 1 aliphatic rings. The number of hydrogen-bond acceptors (Lipinski definition) is 5. The summed E-state index contributed by atoms with van der Waals surface area (Å²) in [5, 5.41) is 0. The van der Waals surface area contributed by atoms with Crippen LogP contribution in [0.25, 0.3) is 0 Å². The molecule has 3 aromatic rings. The molecule has 0 radical (unpaired) electrons. The first-order valence-electron chi connectivity index (χ1n) is 9.78. The molecule has 0 N–H and O–H groups in total. The quantitative estimate of drug-likeness (QED) is 0.678. The summed E-state index contributed by atoms with van der Waals surface area (Å²) in [4.78, 5) is 25.5. The largest absolute Gasteiger partial charge is 0.439 e. The lowest BCUT2D eigenvalue weighted by atomic mass is 10.1. The predicted octanol–water partition coefficient (Wildman–Crippen LogP) is 3.93. The van der Waals surface area contributed by atoms with Crippen molar-refractivity contribution in [2.75, 3.05) is 24.5 Å². The molecule has 29 heavy (non-hydrogen) atoms. The molecule has 148 valence electrons. The fourth-order valence-electron chi connectivity index (χ4n) is 3.50. The minimum atomic E-state index is 0.0730. The Kier molecular flexibility index (Phi) is 5.42. The number of anilines is 1. The highest BCUT2D eigenvalue weighted by atomic mass is 16.5. The smallest absolute Gasteiger partial charge is 0.254 e. The highest BCUT2D eigenvalue weighted by Gasteiger charge is 2.28. The van der Waals surface area contributed by atoms with Gasteiger partial charge in [-0.05, 0) is 38.1 Å². The molecule has 1 aromatic heterocycles. The zero-order valence-corrected chi connectivity index (χ0v) is 16.7. The standard InChI is InChI=1S/C23H24N4O2/c1-17-8-10-20(11-9-17)29-22-14-21(24-16-25-22)26-12-13-27(18(2)15-26)23(28)19-6-4-3-5-7-19/h3-11,14,16,18H,12-13,15H2,1-2H3. The van der Waals surface area contributed by atoms with Gasteiger partial charge in [-0.3, -0.25) is 4.79 Å². The van der Waals surface area contributed by atoms with Crippen molar-refractivity contribution in [2.24, 2.45) is 0 Å². The Morgan fingerprint density at radius 2 is 1.79 bits per heavy atom. The summed E-state index contributed by atoms with van der Waals surface area (Å²) in [5.74, 6) is 2.13. The number of hydrogen-bond donors (Lipinski definition) is 0. The maximum Gasteiger partial charge on any atom is 0.254 e. The molecule has 6 nitrogen and oxygen atoms in total. The third-order valence-corrected chi connectivity index (χ3v) is 5.10. The van der Waals surface area contributed by atoms with Crippen molar-refractivity contribution in [3.05, 3.63) is 78.1 Å². The van der Waals surface area contributed by atoms with Crippen molar-refractivity contribution in [3.63, 3.8) is 0 Å². The summed E-state index contributed by atoms with van der Waals surface area (Å²) >= 11 is 0. The van der Waals surface area contributed by atoms with Crippen molar-refractivity contribution in [1.82, 2.24) is 14.9 Å². The molecule has 1 aliphatic heterocycles. The normalized spacial score (nSPS) is 16.6. The predicted molar refractivity (Wildman–Crippen MR) is 112 cm³/mol. The molecule has 4 rings (SSSR count). The molecule has 0 bridgehead atoms. The summed E-state index contributed by atoms with van der Waals surface area (Å²) in [6, 6.07) is 19.2. The highest BCUT2D eigenvalue weighted by molar-refractivity contribution is 5.94. The summed E-state index contributed by atoms with van der Waals surface area (Å²) < 4.78 is 5.87. The third-order valence-electron chi connectivity index (χ3n) is 5.10. The van der Waals surface area contributed by atoms with E-state index in [1.165, 1.54) is 11.9 Å². The average molecular weight is 388 g/mol. The average Bonchev–Trinajstić information content (AvgIpc) is 2.76. The van der Waals surface area contributed by atoms with Crippen LogP contribution in [0.2, 0.25) is 0 Å². The molecule has 6 heteroatoms. The van der Waals surface area contributed by atoms with Crippen molar-refractivity contribution >= 4 is 11.7 Å². The first-order valence-corrected chi connectivity index (χ1v) is 9.78. The molecule has 2 aromatic carbocycles. The van der Waals surface area contributed by atoms with Crippen LogP contribution >= 0.6 is 0 Å². The lowest BCUT2D eigenvalue weighted by Gasteiger charge is -2.40. The zero-order valence-electron chi connectivity index (χ0n) is 16.7. The zero-order chi connectivity index (χ0) is 20.2. The molecule has 1 fully saturated rings. The molecular weight excluding hydrogens is 364 g/mol. The fraction of sp³-hybridized carbons (Fsp3) is 0.261. The van der Waals surface area contributed by atoms with Crippen molar-refractivity contribution in [1.29, 1.82) is 0 Å². The van der Waals surface area contributed by atoms with Crippen LogP contribution in [0.4, 0.5) is 5.82 Å². The van der Waals surface area contributed by atoms with Gasteiger partial charge in [0.05, 0.1) is 0 Å². The van der Waals surface area contributed by atoms with E-state index >= 15 is 0 Å². The maximum atomic E-state index is 12.8. The molecule has 0 spiro atoms. The van der Waals surface area contributed by atoms with E-state index < -0.39 is 0 Å². The second-order valence-corrected chi connectivity index (χ2v) is 7.29. The fourth-order valence-corrected chi connectivity index (χ4v) is 3.50. The second-order valence-electron chi connectivity index (χ2n) is 7.29. The molecule has 1 unspecified atom stereocenters. The van der Waals surface area contributed by atoms with Gasteiger partial charge in [-0.2, -0.15) is 0 Å². The van der Waals surface area contributed by atoms with Crippen LogP contribution in [0.5, 0.6) is 11.6 Å². The summed E-state index contributed by atoms with van der Waals surface area (Å²) in [5.41, 5.74) is 1.90. The maximum absolute atomic E-state index is 12.8. The first-order chi connectivity index (χ1) is 14.1. The number of nitrogens with zero attached hydrogens (tertiary/aromatic N) is 4. The van der Waals surface area contributed by atoms with Crippen molar-refractivity contribution < 1.29 is 9.53 Å². The van der Waals surface area contributed by atoms with Gasteiger partial charge in [0.1, 0.15) is 17.9 Å². The van der Waals surface area contributed by atoms with E-state index in [0.29, 0.717) is 25.5 Å². The minimum Gasteiger partial charge on any atom is -0.439 e. The van der Waals surface area contributed by atoms with Gasteiger partial charge in [0.25, 0.3) is 5.91 Å². The topological polar surface area (TPSA) is 58.6 Å². The van der Waals surface area contributed by atoms with Gasteiger partial charge in [0.15, 0.2) is 0 Å². The van der Waals surface area contributed by atoms with E-state index in [2.05, 4.69) is 21.8 Å². The van der Waals surface area contributed by atoms with Gasteiger partial charge in [-0.15, -0.1) is 0 Å². The van der Waals surface area contributed by atoms with Crippen LogP contribution in [0.3, 0.4) is 0 Å². The van der Waals surface area contributed by atoms with Gasteiger partial charge < -0.3 is 14.5 Å². The Balaban J connectivity index is 1.44. The number of piperazine rings is 1. The molecular formula is C23H24N4O2. The van der Waals surface area contributed by atoms with Gasteiger partial charge in [-0.1, -0.05) is 35.9 Å².